The van der Waals surface area contributed by atoms with Crippen molar-refractivity contribution < 1.29 is 10.0 Å². The van der Waals surface area contributed by atoms with Crippen LogP contribution in [-0.2, 0) is 0 Å². The summed E-state index contributed by atoms with van der Waals surface area (Å²) in [6, 6.07) is 95.2. The lowest BCUT2D eigenvalue weighted by atomic mass is 9.75. The first kappa shape index (κ1) is 49.0. The summed E-state index contributed by atoms with van der Waals surface area (Å²) in [4.78, 5) is 0. The Morgan fingerprint density at radius 1 is 0.188 bits per heavy atom. The van der Waals surface area contributed by atoms with E-state index in [2.05, 4.69) is 262 Å². The number of rotatable bonds is 3. The fourth-order valence-electron chi connectivity index (χ4n) is 14.9. The molecule has 20 rings (SSSR count). The molecule has 0 heterocycles. The summed E-state index contributed by atoms with van der Waals surface area (Å²) in [5.74, 6) is 0. The van der Waals surface area contributed by atoms with Crippen LogP contribution in [0.2, 0.25) is 0 Å². The molecule has 2 nitrogen and oxygen atoms in total. The average Bonchev–Trinajstić information content (AvgIpc) is 3.73. The van der Waals surface area contributed by atoms with Crippen LogP contribution in [0.5, 0.6) is 0 Å². The monoisotopic (exact) mass is 1210 g/mol. The predicted octanol–water partition coefficient (Wildman–Crippen LogP) is 22.1. The lowest BCUT2D eigenvalue weighted by molar-refractivity contribution is 0.426. The van der Waals surface area contributed by atoms with Gasteiger partial charge >= 0.3 is 7.12 Å². The zero-order valence-corrected chi connectivity index (χ0v) is 48.7. The van der Waals surface area contributed by atoms with E-state index in [1.54, 1.807) is 6.07 Å². The molecule has 0 aliphatic heterocycles. The van der Waals surface area contributed by atoms with Crippen molar-refractivity contribution >= 4 is 206 Å². The smallest absolute Gasteiger partial charge is 0.423 e. The van der Waals surface area contributed by atoms with Crippen molar-refractivity contribution in [2.24, 2.45) is 0 Å². The minimum atomic E-state index is -1.44. The van der Waals surface area contributed by atoms with E-state index in [9.17, 15) is 10.0 Å². The third-order valence-electron chi connectivity index (χ3n) is 18.7. The van der Waals surface area contributed by atoms with Crippen molar-refractivity contribution in [3.63, 3.8) is 0 Å². The first-order valence-electron chi connectivity index (χ1n) is 28.9. The summed E-state index contributed by atoms with van der Waals surface area (Å²) >= 11 is 7.30. The van der Waals surface area contributed by atoms with Gasteiger partial charge in [0.1, 0.15) is 0 Å². The van der Waals surface area contributed by atoms with Gasteiger partial charge in [0.15, 0.2) is 0 Å². The maximum absolute atomic E-state index is 9.51. The fraction of sp³-hybridized carbons (Fsp3) is 0. The van der Waals surface area contributed by atoms with Gasteiger partial charge in [0.25, 0.3) is 0 Å². The molecule has 0 radical (unpaired) electrons. The highest BCUT2D eigenvalue weighted by molar-refractivity contribution is 9.11. The van der Waals surface area contributed by atoms with Crippen LogP contribution in [0.15, 0.2) is 270 Å². The molecule has 0 aliphatic rings. The van der Waals surface area contributed by atoms with Crippen LogP contribution in [-0.4, -0.2) is 17.2 Å². The fourth-order valence-corrected chi connectivity index (χ4v) is 15.8. The molecule has 0 amide bonds. The standard InChI is InChI=1S/C48H26.C16H11BO2.C16H8Br2/c1-3-27-7-9-31-11-19-35(39-23-15-29(5-1)43(27)45(31)39)37-21-13-33-18-26-42-38(22-14-34-17-25-41(37)47(33)48(34)42)36-20-12-32-10-8-28-4-2-6-30-16-24-40(36)46(32)44(28)30;18-17(19)14-9-7-12-5-4-10-2-1-3-11-6-8-13(14)16(12)15(10)11;17-13-8-4-10-2-6-12-14(18)7-3-9-1-5-11(13)16(10)15(9)12/h1-26H;1-9,18-19H;1-8H. The molecule has 0 saturated carbocycles. The van der Waals surface area contributed by atoms with E-state index >= 15 is 0 Å². The second-order valence-electron chi connectivity index (χ2n) is 23.0. The van der Waals surface area contributed by atoms with E-state index in [0.29, 0.717) is 5.46 Å². The van der Waals surface area contributed by atoms with E-state index in [4.69, 9.17) is 0 Å². The summed E-state index contributed by atoms with van der Waals surface area (Å²) in [5.41, 5.74) is 5.74. The molecule has 0 aromatic heterocycles. The van der Waals surface area contributed by atoms with Crippen LogP contribution in [0.25, 0.3) is 184 Å². The Morgan fingerprint density at radius 3 is 0.694 bits per heavy atom. The van der Waals surface area contributed by atoms with E-state index in [1.165, 1.54) is 168 Å². The normalized spacial score (nSPS) is 12.2. The SMILES string of the molecule is Brc1ccc2ccc3c(Br)ccc4ccc1c2c43.OB(O)c1ccc2ccc3cccc4ccc1c2c34.c1cc2ccc3ccc(-c4ccc5ccc6c(-c7ccc8ccc9cccc%10ccc7c8c9%10)ccc7ccc4c5c76)c4ccc(c1)c2c34. The van der Waals surface area contributed by atoms with Gasteiger partial charge in [0.05, 0.1) is 0 Å². The second-order valence-corrected chi connectivity index (χ2v) is 24.7. The summed E-state index contributed by atoms with van der Waals surface area (Å²) in [6.45, 7) is 0. The lowest BCUT2D eigenvalue weighted by Gasteiger charge is -2.19. The molecule has 394 valence electrons. The number of halogens is 2. The average molecular weight is 1210 g/mol. The molecule has 20 aromatic rings. The van der Waals surface area contributed by atoms with Crippen molar-refractivity contribution in [3.05, 3.63) is 270 Å². The van der Waals surface area contributed by atoms with E-state index in [0.717, 1.165) is 25.1 Å². The summed E-state index contributed by atoms with van der Waals surface area (Å²) < 4.78 is 2.31. The Labute approximate surface area is 504 Å². The first-order chi connectivity index (χ1) is 41.8. The van der Waals surface area contributed by atoms with Crippen molar-refractivity contribution in [1.82, 2.24) is 0 Å². The Kier molecular flexibility index (Phi) is 10.7. The minimum absolute atomic E-state index is 0.561. The summed E-state index contributed by atoms with van der Waals surface area (Å²) in [7, 11) is -1.44. The Balaban J connectivity index is 0.000000120. The van der Waals surface area contributed by atoms with Crippen LogP contribution >= 0.6 is 31.9 Å². The molecule has 2 N–H and O–H groups in total. The maximum Gasteiger partial charge on any atom is 0.489 e. The van der Waals surface area contributed by atoms with Crippen LogP contribution in [0.1, 0.15) is 0 Å². The van der Waals surface area contributed by atoms with Crippen molar-refractivity contribution in [1.29, 1.82) is 0 Å². The number of hydrogen-bond donors (Lipinski definition) is 2. The highest BCUT2D eigenvalue weighted by atomic mass is 79.9. The van der Waals surface area contributed by atoms with Gasteiger partial charge < -0.3 is 10.0 Å². The van der Waals surface area contributed by atoms with E-state index < -0.39 is 7.12 Å². The Bertz CT molecular complexity index is 5760. The maximum atomic E-state index is 9.51. The molecule has 0 bridgehead atoms. The largest absolute Gasteiger partial charge is 0.489 e. The van der Waals surface area contributed by atoms with Gasteiger partial charge in [-0.15, -0.1) is 0 Å². The molecule has 85 heavy (non-hydrogen) atoms. The quantitative estimate of drug-likeness (QED) is 0.137. The van der Waals surface area contributed by atoms with Crippen molar-refractivity contribution in [2.75, 3.05) is 0 Å². The van der Waals surface area contributed by atoms with Gasteiger partial charge in [0, 0.05) is 8.95 Å². The van der Waals surface area contributed by atoms with E-state index in [1.807, 2.05) is 24.3 Å². The van der Waals surface area contributed by atoms with Gasteiger partial charge in [-0.2, -0.15) is 0 Å². The Hall–Kier alpha value is -9.46. The van der Waals surface area contributed by atoms with Crippen molar-refractivity contribution in [3.8, 4) is 22.3 Å². The molecule has 0 aliphatic carbocycles. The van der Waals surface area contributed by atoms with Crippen molar-refractivity contribution in [2.45, 2.75) is 0 Å². The van der Waals surface area contributed by atoms with Crippen LogP contribution in [0.4, 0.5) is 0 Å². The van der Waals surface area contributed by atoms with Crippen LogP contribution in [0.3, 0.4) is 0 Å². The lowest BCUT2D eigenvalue weighted by Crippen LogP contribution is -2.30. The minimum Gasteiger partial charge on any atom is -0.423 e. The highest BCUT2D eigenvalue weighted by Crippen LogP contribution is 2.48. The number of benzene rings is 20. The third kappa shape index (κ3) is 7.19. The molecule has 0 atom stereocenters. The topological polar surface area (TPSA) is 40.5 Å². The Morgan fingerprint density at radius 2 is 0.388 bits per heavy atom. The van der Waals surface area contributed by atoms with Crippen LogP contribution < -0.4 is 5.46 Å². The molecule has 20 aromatic carbocycles. The molecule has 0 saturated heterocycles. The zero-order chi connectivity index (χ0) is 56.3. The summed E-state index contributed by atoms with van der Waals surface area (Å²) in [6.07, 6.45) is 0. The molecular weight excluding hydrogens is 1160 g/mol. The number of hydrogen-bond acceptors (Lipinski definition) is 2. The van der Waals surface area contributed by atoms with Gasteiger partial charge in [0.2, 0.25) is 0 Å². The molecular formula is C80H45BBr2O2. The predicted molar refractivity (Wildman–Crippen MR) is 374 cm³/mol. The van der Waals surface area contributed by atoms with Crippen LogP contribution in [0, 0.1) is 0 Å². The van der Waals surface area contributed by atoms with Gasteiger partial charge in [-0.1, -0.05) is 281 Å². The molecule has 0 fully saturated rings. The van der Waals surface area contributed by atoms with E-state index in [-0.39, 0.29) is 0 Å². The summed E-state index contributed by atoms with van der Waals surface area (Å²) in [5, 5.41) is 57.4. The van der Waals surface area contributed by atoms with Gasteiger partial charge in [-0.25, -0.2) is 0 Å². The van der Waals surface area contributed by atoms with Gasteiger partial charge in [-0.05, 0) is 201 Å². The molecule has 0 spiro atoms. The second kappa shape index (κ2) is 18.5. The van der Waals surface area contributed by atoms with Gasteiger partial charge in [-0.3, -0.25) is 0 Å². The first-order valence-corrected chi connectivity index (χ1v) is 30.5. The molecule has 0 unspecified atom stereocenters. The molecule has 5 heteroatoms. The third-order valence-corrected chi connectivity index (χ3v) is 20.1. The highest BCUT2D eigenvalue weighted by Gasteiger charge is 2.21. The zero-order valence-electron chi connectivity index (χ0n) is 45.6.